The summed E-state index contributed by atoms with van der Waals surface area (Å²) < 4.78 is 5.92. The molecule has 0 amide bonds. The molecule has 0 aromatic carbocycles. The lowest BCUT2D eigenvalue weighted by Gasteiger charge is -2.56. The zero-order valence-electron chi connectivity index (χ0n) is 13.4. The first-order chi connectivity index (χ1) is 8.80. The molecule has 2 N–H and O–H groups in total. The topological polar surface area (TPSA) is 38.5 Å². The molecule has 2 heterocycles. The highest BCUT2D eigenvalue weighted by molar-refractivity contribution is 5.03. The minimum atomic E-state index is -0.0404. The van der Waals surface area contributed by atoms with Crippen molar-refractivity contribution in [1.82, 2.24) is 4.90 Å². The third-order valence-corrected chi connectivity index (χ3v) is 5.40. The quantitative estimate of drug-likeness (QED) is 0.837. The molecular weight excluding hydrogens is 236 g/mol. The maximum Gasteiger partial charge on any atom is 0.0644 e. The molecule has 19 heavy (non-hydrogen) atoms. The molecule has 2 rings (SSSR count). The summed E-state index contributed by atoms with van der Waals surface area (Å²) in [5.41, 5.74) is 6.35. The summed E-state index contributed by atoms with van der Waals surface area (Å²) in [6.45, 7) is 14.4. The lowest BCUT2D eigenvalue weighted by atomic mass is 9.75. The van der Waals surface area contributed by atoms with E-state index >= 15 is 0 Å². The summed E-state index contributed by atoms with van der Waals surface area (Å²) in [6.07, 6.45) is 3.48. The summed E-state index contributed by atoms with van der Waals surface area (Å²) in [4.78, 5) is 2.72. The highest BCUT2D eigenvalue weighted by atomic mass is 16.5. The van der Waals surface area contributed by atoms with Crippen molar-refractivity contribution in [3.8, 4) is 0 Å². The number of hydrogen-bond donors (Lipinski definition) is 1. The van der Waals surface area contributed by atoms with Gasteiger partial charge < -0.3 is 10.5 Å². The Hall–Kier alpha value is -0.120. The van der Waals surface area contributed by atoms with Gasteiger partial charge in [-0.1, -0.05) is 13.8 Å². The number of nitrogens with zero attached hydrogens (tertiary/aromatic N) is 1. The standard InChI is InChI=1S/C16H32N2O/c1-12-8-13(2)14(3)18(9-12)16(11-17)6-7-19-15(4,5)10-16/h12-14H,6-11,17H2,1-5H3. The van der Waals surface area contributed by atoms with Crippen molar-refractivity contribution in [2.24, 2.45) is 17.6 Å². The van der Waals surface area contributed by atoms with Crippen molar-refractivity contribution >= 4 is 0 Å². The second kappa shape index (κ2) is 5.34. The number of piperidine rings is 1. The molecule has 2 aliphatic heterocycles. The number of ether oxygens (including phenoxy) is 1. The molecule has 2 saturated heterocycles. The molecule has 2 aliphatic rings. The van der Waals surface area contributed by atoms with Gasteiger partial charge in [0.05, 0.1) is 5.60 Å². The van der Waals surface area contributed by atoms with Crippen molar-refractivity contribution in [2.45, 2.75) is 71.1 Å². The smallest absolute Gasteiger partial charge is 0.0644 e. The van der Waals surface area contributed by atoms with Gasteiger partial charge in [0.25, 0.3) is 0 Å². The molecule has 2 fully saturated rings. The van der Waals surface area contributed by atoms with E-state index in [0.29, 0.717) is 6.04 Å². The van der Waals surface area contributed by atoms with Gasteiger partial charge in [0.1, 0.15) is 0 Å². The Morgan fingerprint density at radius 1 is 1.26 bits per heavy atom. The van der Waals surface area contributed by atoms with Crippen LogP contribution in [0.25, 0.3) is 0 Å². The molecule has 0 bridgehead atoms. The van der Waals surface area contributed by atoms with Crippen LogP contribution in [0.4, 0.5) is 0 Å². The van der Waals surface area contributed by atoms with Gasteiger partial charge in [0, 0.05) is 31.3 Å². The van der Waals surface area contributed by atoms with Crippen molar-refractivity contribution < 1.29 is 4.74 Å². The summed E-state index contributed by atoms with van der Waals surface area (Å²) >= 11 is 0. The minimum absolute atomic E-state index is 0.0404. The highest BCUT2D eigenvalue weighted by Gasteiger charge is 2.47. The van der Waals surface area contributed by atoms with E-state index in [4.69, 9.17) is 10.5 Å². The van der Waals surface area contributed by atoms with Crippen LogP contribution in [0.5, 0.6) is 0 Å². The minimum Gasteiger partial charge on any atom is -0.375 e. The fourth-order valence-electron chi connectivity index (χ4n) is 4.33. The predicted molar refractivity (Wildman–Crippen MR) is 80.2 cm³/mol. The van der Waals surface area contributed by atoms with Crippen LogP contribution < -0.4 is 5.73 Å². The Bertz CT molecular complexity index is 318. The number of nitrogens with two attached hydrogens (primary N) is 1. The van der Waals surface area contributed by atoms with Crippen molar-refractivity contribution in [3.63, 3.8) is 0 Å². The Labute approximate surface area is 118 Å². The first-order valence-corrected chi connectivity index (χ1v) is 7.90. The van der Waals surface area contributed by atoms with Crippen LogP contribution in [0.3, 0.4) is 0 Å². The van der Waals surface area contributed by atoms with E-state index in [1.165, 1.54) is 13.0 Å². The average Bonchev–Trinajstić information content (AvgIpc) is 2.32. The van der Waals surface area contributed by atoms with Crippen LogP contribution in [0.1, 0.15) is 53.9 Å². The lowest BCUT2D eigenvalue weighted by molar-refractivity contribution is -0.139. The molecule has 0 aliphatic carbocycles. The van der Waals surface area contributed by atoms with Crippen LogP contribution >= 0.6 is 0 Å². The Kier molecular flexibility index (Phi) is 4.29. The van der Waals surface area contributed by atoms with Gasteiger partial charge >= 0.3 is 0 Å². The molecule has 4 unspecified atom stereocenters. The van der Waals surface area contributed by atoms with Crippen LogP contribution in [-0.2, 0) is 4.74 Å². The molecule has 0 radical (unpaired) electrons. The predicted octanol–water partition coefficient (Wildman–Crippen LogP) is 2.64. The van der Waals surface area contributed by atoms with Crippen LogP contribution in [-0.4, -0.2) is 41.8 Å². The van der Waals surface area contributed by atoms with E-state index in [-0.39, 0.29) is 11.1 Å². The summed E-state index contributed by atoms with van der Waals surface area (Å²) in [5, 5.41) is 0. The van der Waals surface area contributed by atoms with Gasteiger partial charge in [-0.3, -0.25) is 4.90 Å². The zero-order valence-corrected chi connectivity index (χ0v) is 13.4. The van der Waals surface area contributed by atoms with E-state index in [9.17, 15) is 0 Å². The summed E-state index contributed by atoms with van der Waals surface area (Å²) in [7, 11) is 0. The van der Waals surface area contributed by atoms with Crippen molar-refractivity contribution in [2.75, 3.05) is 19.7 Å². The van der Waals surface area contributed by atoms with E-state index in [1.807, 2.05) is 0 Å². The van der Waals surface area contributed by atoms with Gasteiger partial charge in [-0.15, -0.1) is 0 Å². The van der Waals surface area contributed by atoms with Gasteiger partial charge in [-0.25, -0.2) is 0 Å². The van der Waals surface area contributed by atoms with Crippen molar-refractivity contribution in [3.05, 3.63) is 0 Å². The molecule has 3 heteroatoms. The fourth-order valence-corrected chi connectivity index (χ4v) is 4.33. The Morgan fingerprint density at radius 2 is 1.95 bits per heavy atom. The van der Waals surface area contributed by atoms with Gasteiger partial charge in [0.15, 0.2) is 0 Å². The largest absolute Gasteiger partial charge is 0.375 e. The van der Waals surface area contributed by atoms with E-state index in [0.717, 1.165) is 37.8 Å². The average molecular weight is 268 g/mol. The van der Waals surface area contributed by atoms with Crippen LogP contribution in [0.15, 0.2) is 0 Å². The highest BCUT2D eigenvalue weighted by Crippen LogP contribution is 2.41. The first kappa shape index (κ1) is 15.3. The van der Waals surface area contributed by atoms with Gasteiger partial charge in [-0.05, 0) is 51.9 Å². The third kappa shape index (κ3) is 2.98. The number of rotatable bonds is 2. The van der Waals surface area contributed by atoms with E-state index < -0.39 is 0 Å². The second-order valence-corrected chi connectivity index (χ2v) is 7.67. The maximum atomic E-state index is 6.25. The summed E-state index contributed by atoms with van der Waals surface area (Å²) in [6, 6.07) is 0.633. The first-order valence-electron chi connectivity index (χ1n) is 7.90. The number of hydrogen-bond acceptors (Lipinski definition) is 3. The van der Waals surface area contributed by atoms with Crippen molar-refractivity contribution in [1.29, 1.82) is 0 Å². The molecular formula is C16H32N2O. The number of likely N-dealkylation sites (tertiary alicyclic amines) is 1. The van der Waals surface area contributed by atoms with Gasteiger partial charge in [0.2, 0.25) is 0 Å². The van der Waals surface area contributed by atoms with Gasteiger partial charge in [-0.2, -0.15) is 0 Å². The molecule has 0 aromatic rings. The molecule has 112 valence electrons. The van der Waals surface area contributed by atoms with Crippen LogP contribution in [0, 0.1) is 11.8 Å². The third-order valence-electron chi connectivity index (χ3n) is 5.40. The molecule has 0 saturated carbocycles. The SMILES string of the molecule is CC1CC(C)C(C)N(C2(CN)CCOC(C)(C)C2)C1. The Balaban J connectivity index is 2.24. The molecule has 3 nitrogen and oxygen atoms in total. The zero-order chi connectivity index (χ0) is 14.3. The Morgan fingerprint density at radius 3 is 2.53 bits per heavy atom. The maximum absolute atomic E-state index is 6.25. The summed E-state index contributed by atoms with van der Waals surface area (Å²) in [5.74, 6) is 1.54. The molecule has 4 atom stereocenters. The molecule has 0 aromatic heterocycles. The van der Waals surface area contributed by atoms with E-state index in [1.54, 1.807) is 0 Å². The lowest BCUT2D eigenvalue weighted by Crippen LogP contribution is -2.65. The normalized spacial score (nSPS) is 44.2. The second-order valence-electron chi connectivity index (χ2n) is 7.67. The van der Waals surface area contributed by atoms with E-state index in [2.05, 4.69) is 39.5 Å². The fraction of sp³-hybridized carbons (Fsp3) is 1.00. The van der Waals surface area contributed by atoms with Crippen LogP contribution in [0.2, 0.25) is 0 Å². The molecule has 0 spiro atoms. The monoisotopic (exact) mass is 268 g/mol.